The molecular weight excluding hydrogens is 268 g/mol. The average molecular weight is 284 g/mol. The van der Waals surface area contributed by atoms with Gasteiger partial charge in [-0.25, -0.2) is 0 Å². The van der Waals surface area contributed by atoms with Crippen LogP contribution in [0.3, 0.4) is 0 Å². The lowest BCUT2D eigenvalue weighted by Gasteiger charge is -2.23. The van der Waals surface area contributed by atoms with Crippen molar-refractivity contribution in [3.63, 3.8) is 0 Å². The molecule has 0 bridgehead atoms. The second-order valence-electron chi connectivity index (χ2n) is 4.92. The minimum Gasteiger partial charge on any atom is -0.360 e. The van der Waals surface area contributed by atoms with Gasteiger partial charge in [-0.1, -0.05) is 48.2 Å². The molecule has 0 aliphatic heterocycles. The highest BCUT2D eigenvalue weighted by Gasteiger charge is 2.24. The predicted molar refractivity (Wildman–Crippen MR) is 82.5 cm³/mol. The summed E-state index contributed by atoms with van der Waals surface area (Å²) in [5, 5.41) is -0.227. The van der Waals surface area contributed by atoms with E-state index in [0.29, 0.717) is 0 Å². The van der Waals surface area contributed by atoms with Crippen LogP contribution in [0.4, 0.5) is 4.79 Å². The summed E-state index contributed by atoms with van der Waals surface area (Å²) in [6.07, 6.45) is 3.09. The van der Waals surface area contributed by atoms with Crippen LogP contribution >= 0.6 is 11.8 Å². The average Bonchev–Trinajstić information content (AvgIpc) is 2.47. The number of benzene rings is 1. The van der Waals surface area contributed by atoms with Gasteiger partial charge in [-0.15, -0.1) is 0 Å². The van der Waals surface area contributed by atoms with Gasteiger partial charge in [0.05, 0.1) is 16.6 Å². The van der Waals surface area contributed by atoms with Gasteiger partial charge in [-0.2, -0.15) is 0 Å². The third-order valence-electron chi connectivity index (χ3n) is 3.56. The quantitative estimate of drug-likeness (QED) is 0.908. The smallest absolute Gasteiger partial charge is 0.277 e. The number of hydrogen-bond acceptors (Lipinski definition) is 3. The first-order chi connectivity index (χ1) is 9.74. The Morgan fingerprint density at radius 3 is 2.75 bits per heavy atom. The van der Waals surface area contributed by atoms with Crippen molar-refractivity contribution in [2.75, 3.05) is 0 Å². The molecule has 4 heteroatoms. The van der Waals surface area contributed by atoms with Crippen LogP contribution in [-0.2, 0) is 6.42 Å². The molecule has 3 rings (SSSR count). The van der Waals surface area contributed by atoms with Crippen molar-refractivity contribution in [3.05, 3.63) is 53.7 Å². The lowest BCUT2D eigenvalue weighted by atomic mass is 9.94. The van der Waals surface area contributed by atoms with Gasteiger partial charge in [0.25, 0.3) is 5.24 Å². The largest absolute Gasteiger partial charge is 0.360 e. The Labute approximate surface area is 122 Å². The summed E-state index contributed by atoms with van der Waals surface area (Å²) in [7, 11) is 0. The molecule has 1 amide bonds. The number of aromatic nitrogens is 1. The van der Waals surface area contributed by atoms with Crippen molar-refractivity contribution >= 4 is 17.0 Å². The number of amides is 1. The van der Waals surface area contributed by atoms with Crippen LogP contribution in [0.5, 0.6) is 0 Å². The molecule has 0 spiro atoms. The van der Waals surface area contributed by atoms with E-state index in [2.05, 4.69) is 12.1 Å². The Bertz CT molecular complexity index is 628. The maximum atomic E-state index is 11.2. The SMILES string of the molecule is NC(=O)SC1CCCc2ccc(-c3ccccc3)nc21. The summed E-state index contributed by atoms with van der Waals surface area (Å²) in [5.74, 6) is 0. The number of nitrogens with zero attached hydrogens (tertiary/aromatic N) is 1. The number of fused-ring (bicyclic) bond motifs is 1. The lowest BCUT2D eigenvalue weighted by molar-refractivity contribution is 0.267. The Morgan fingerprint density at radius 2 is 2.00 bits per heavy atom. The molecule has 2 aromatic rings. The molecular formula is C16H16N2OS. The fraction of sp³-hybridized carbons (Fsp3) is 0.250. The second kappa shape index (κ2) is 5.67. The predicted octanol–water partition coefficient (Wildman–Crippen LogP) is 3.94. The number of carbonyl (C=O) groups excluding carboxylic acids is 1. The van der Waals surface area contributed by atoms with Crippen LogP contribution in [-0.4, -0.2) is 10.2 Å². The number of carbonyl (C=O) groups is 1. The molecule has 0 saturated heterocycles. The summed E-state index contributed by atoms with van der Waals surface area (Å²) >= 11 is 1.20. The molecule has 1 aliphatic rings. The highest BCUT2D eigenvalue weighted by molar-refractivity contribution is 8.13. The number of primary amides is 1. The van der Waals surface area contributed by atoms with Gasteiger partial charge in [0.15, 0.2) is 0 Å². The number of thioether (sulfide) groups is 1. The molecule has 0 fully saturated rings. The Hall–Kier alpha value is -1.81. The monoisotopic (exact) mass is 284 g/mol. The van der Waals surface area contributed by atoms with Gasteiger partial charge in [0.1, 0.15) is 0 Å². The number of pyridine rings is 1. The number of nitrogens with two attached hydrogens (primary N) is 1. The molecule has 1 atom stereocenters. The van der Waals surface area contributed by atoms with E-state index < -0.39 is 0 Å². The summed E-state index contributed by atoms with van der Waals surface area (Å²) in [5.41, 5.74) is 9.66. The Morgan fingerprint density at radius 1 is 1.20 bits per heavy atom. The molecule has 1 aromatic heterocycles. The molecule has 0 saturated carbocycles. The van der Waals surface area contributed by atoms with Crippen molar-refractivity contribution in [1.29, 1.82) is 0 Å². The van der Waals surface area contributed by atoms with Gasteiger partial charge in [0, 0.05) is 5.56 Å². The molecule has 1 heterocycles. The van der Waals surface area contributed by atoms with Crippen LogP contribution in [0.15, 0.2) is 42.5 Å². The molecule has 3 nitrogen and oxygen atoms in total. The van der Waals surface area contributed by atoms with E-state index in [0.717, 1.165) is 36.2 Å². The zero-order valence-corrected chi connectivity index (χ0v) is 11.9. The van der Waals surface area contributed by atoms with Crippen molar-refractivity contribution in [3.8, 4) is 11.3 Å². The van der Waals surface area contributed by atoms with Gasteiger partial charge < -0.3 is 5.73 Å². The minimum atomic E-state index is -0.324. The van der Waals surface area contributed by atoms with Gasteiger partial charge in [-0.05, 0) is 30.9 Å². The van der Waals surface area contributed by atoms with Crippen LogP contribution in [0, 0.1) is 0 Å². The molecule has 1 unspecified atom stereocenters. The first kappa shape index (κ1) is 13.2. The fourth-order valence-electron chi connectivity index (χ4n) is 2.63. The third-order valence-corrected chi connectivity index (χ3v) is 4.53. The van der Waals surface area contributed by atoms with E-state index in [4.69, 9.17) is 10.7 Å². The number of hydrogen-bond donors (Lipinski definition) is 1. The molecule has 1 aliphatic carbocycles. The molecule has 20 heavy (non-hydrogen) atoms. The minimum absolute atomic E-state index is 0.0971. The number of rotatable bonds is 2. The van der Waals surface area contributed by atoms with Crippen LogP contribution in [0.1, 0.15) is 29.3 Å². The van der Waals surface area contributed by atoms with E-state index in [1.54, 1.807) is 0 Å². The van der Waals surface area contributed by atoms with Crippen molar-refractivity contribution in [2.45, 2.75) is 24.5 Å². The van der Waals surface area contributed by atoms with Gasteiger partial charge >= 0.3 is 0 Å². The van der Waals surface area contributed by atoms with E-state index in [9.17, 15) is 4.79 Å². The summed E-state index contributed by atoms with van der Waals surface area (Å²) < 4.78 is 0. The lowest BCUT2D eigenvalue weighted by Crippen LogP contribution is -2.14. The summed E-state index contributed by atoms with van der Waals surface area (Å²) in [4.78, 5) is 16.0. The first-order valence-corrected chi connectivity index (χ1v) is 7.63. The topological polar surface area (TPSA) is 56.0 Å². The highest BCUT2D eigenvalue weighted by Crippen LogP contribution is 2.39. The fourth-order valence-corrected chi connectivity index (χ4v) is 3.51. The van der Waals surface area contributed by atoms with E-state index in [1.807, 2.05) is 30.3 Å². The molecule has 0 radical (unpaired) electrons. The Kier molecular flexibility index (Phi) is 3.74. The van der Waals surface area contributed by atoms with Gasteiger partial charge in [-0.3, -0.25) is 9.78 Å². The van der Waals surface area contributed by atoms with Crippen molar-refractivity contribution in [2.24, 2.45) is 5.73 Å². The van der Waals surface area contributed by atoms with Crippen molar-refractivity contribution in [1.82, 2.24) is 4.98 Å². The Balaban J connectivity index is 1.99. The van der Waals surface area contributed by atoms with Crippen LogP contribution in [0.25, 0.3) is 11.3 Å². The maximum Gasteiger partial charge on any atom is 0.277 e. The first-order valence-electron chi connectivity index (χ1n) is 6.75. The van der Waals surface area contributed by atoms with Crippen LogP contribution < -0.4 is 5.73 Å². The summed E-state index contributed by atoms with van der Waals surface area (Å²) in [6, 6.07) is 14.3. The zero-order chi connectivity index (χ0) is 13.9. The van der Waals surface area contributed by atoms with Crippen LogP contribution in [0.2, 0.25) is 0 Å². The van der Waals surface area contributed by atoms with E-state index >= 15 is 0 Å². The van der Waals surface area contributed by atoms with Crippen molar-refractivity contribution < 1.29 is 4.79 Å². The standard InChI is InChI=1S/C16H16N2OS/c17-16(19)20-14-8-4-7-12-9-10-13(18-15(12)14)11-5-2-1-3-6-11/h1-3,5-6,9-10,14H,4,7-8H2,(H2,17,19). The molecule has 2 N–H and O–H groups in total. The normalized spacial score (nSPS) is 17.5. The highest BCUT2D eigenvalue weighted by atomic mass is 32.2. The third kappa shape index (κ3) is 2.70. The molecule has 1 aromatic carbocycles. The van der Waals surface area contributed by atoms with E-state index in [-0.39, 0.29) is 10.5 Å². The number of aryl methyl sites for hydroxylation is 1. The zero-order valence-electron chi connectivity index (χ0n) is 11.1. The molecule has 102 valence electrons. The maximum absolute atomic E-state index is 11.2. The van der Waals surface area contributed by atoms with E-state index in [1.165, 1.54) is 17.3 Å². The summed E-state index contributed by atoms with van der Waals surface area (Å²) in [6.45, 7) is 0. The second-order valence-corrected chi connectivity index (χ2v) is 6.13. The van der Waals surface area contributed by atoms with Gasteiger partial charge in [0.2, 0.25) is 0 Å².